The molecule has 1 saturated carbocycles. The zero-order valence-electron chi connectivity index (χ0n) is 15.6. The number of hydrogen-bond acceptors (Lipinski definition) is 7. The van der Waals surface area contributed by atoms with Crippen molar-refractivity contribution in [2.24, 2.45) is 5.92 Å². The quantitative estimate of drug-likeness (QED) is 0.569. The van der Waals surface area contributed by atoms with Crippen molar-refractivity contribution < 1.29 is 14.2 Å². The van der Waals surface area contributed by atoms with Crippen LogP contribution in [0.3, 0.4) is 0 Å². The molecular formula is C18H34N4O3. The summed E-state index contributed by atoms with van der Waals surface area (Å²) in [5.74, 6) is 0.626. The summed E-state index contributed by atoms with van der Waals surface area (Å²) in [5, 5.41) is 3.83. The molecule has 3 N–H and O–H groups in total. The van der Waals surface area contributed by atoms with E-state index >= 15 is 0 Å². The summed E-state index contributed by atoms with van der Waals surface area (Å²) in [6.07, 6.45) is 5.37. The summed E-state index contributed by atoms with van der Waals surface area (Å²) in [7, 11) is 2.21. The lowest BCUT2D eigenvalue weighted by molar-refractivity contribution is -0.0754. The summed E-state index contributed by atoms with van der Waals surface area (Å²) in [4.78, 5) is 2.43. The molecule has 3 saturated heterocycles. The van der Waals surface area contributed by atoms with Crippen LogP contribution in [0.1, 0.15) is 32.6 Å². The average molecular weight is 354 g/mol. The molecular weight excluding hydrogens is 320 g/mol. The van der Waals surface area contributed by atoms with Gasteiger partial charge in [-0.1, -0.05) is 0 Å². The van der Waals surface area contributed by atoms with Gasteiger partial charge in [0.05, 0.1) is 38.2 Å². The number of ether oxygens (including phenoxy) is 3. The Bertz CT molecular complexity index is 441. The first-order valence-electron chi connectivity index (χ1n) is 9.99. The fourth-order valence-electron chi connectivity index (χ4n) is 4.99. The van der Waals surface area contributed by atoms with E-state index in [0.29, 0.717) is 56.1 Å². The van der Waals surface area contributed by atoms with Crippen LogP contribution >= 0.6 is 0 Å². The molecule has 7 heteroatoms. The average Bonchev–Trinajstić information content (AvgIpc) is 3.16. The highest BCUT2D eigenvalue weighted by Crippen LogP contribution is 2.34. The fourth-order valence-corrected chi connectivity index (χ4v) is 4.99. The third kappa shape index (κ3) is 4.18. The summed E-state index contributed by atoms with van der Waals surface area (Å²) in [5.41, 5.74) is 7.15. The minimum Gasteiger partial charge on any atom is -0.379 e. The van der Waals surface area contributed by atoms with Crippen molar-refractivity contribution in [3.8, 4) is 0 Å². The molecule has 3 heterocycles. The second-order valence-corrected chi connectivity index (χ2v) is 8.17. The number of nitrogens with zero attached hydrogens (tertiary/aromatic N) is 1. The molecule has 6 unspecified atom stereocenters. The maximum absolute atomic E-state index is 6.29. The van der Waals surface area contributed by atoms with Gasteiger partial charge in [0, 0.05) is 31.3 Å². The second kappa shape index (κ2) is 8.17. The Hall–Kier alpha value is -0.280. The van der Waals surface area contributed by atoms with Gasteiger partial charge in [0.15, 0.2) is 0 Å². The van der Waals surface area contributed by atoms with Gasteiger partial charge in [0.25, 0.3) is 0 Å². The predicted octanol–water partition coefficient (Wildman–Crippen LogP) is 0.0718. The number of nitrogens with one attached hydrogen (secondary N) is 3. The Morgan fingerprint density at radius 1 is 0.960 bits per heavy atom. The van der Waals surface area contributed by atoms with Crippen LogP contribution in [0.5, 0.6) is 0 Å². The van der Waals surface area contributed by atoms with Crippen LogP contribution in [0.25, 0.3) is 0 Å². The maximum Gasteiger partial charge on any atom is 0.0784 e. The fraction of sp³-hybridized carbons (Fsp3) is 1.00. The van der Waals surface area contributed by atoms with Crippen LogP contribution in [0.15, 0.2) is 0 Å². The molecule has 4 fully saturated rings. The molecule has 4 bridgehead atoms. The van der Waals surface area contributed by atoms with E-state index in [-0.39, 0.29) is 6.10 Å². The van der Waals surface area contributed by atoms with Crippen LogP contribution in [0, 0.1) is 5.92 Å². The number of hydrogen-bond donors (Lipinski definition) is 3. The Kier molecular flexibility index (Phi) is 5.91. The number of rotatable bonds is 0. The van der Waals surface area contributed by atoms with Gasteiger partial charge in [-0.2, -0.15) is 0 Å². The lowest BCUT2D eigenvalue weighted by atomic mass is 9.78. The van der Waals surface area contributed by atoms with Gasteiger partial charge < -0.3 is 14.2 Å². The van der Waals surface area contributed by atoms with E-state index in [0.717, 1.165) is 32.4 Å². The number of likely N-dealkylation sites (N-methyl/N-ethyl adjacent to an activating group) is 1. The van der Waals surface area contributed by atoms with E-state index in [9.17, 15) is 0 Å². The highest BCUT2D eigenvalue weighted by atomic mass is 16.6. The van der Waals surface area contributed by atoms with Gasteiger partial charge in [0.1, 0.15) is 0 Å². The molecule has 4 rings (SSSR count). The van der Waals surface area contributed by atoms with Gasteiger partial charge >= 0.3 is 0 Å². The van der Waals surface area contributed by atoms with E-state index in [1.165, 1.54) is 6.42 Å². The Morgan fingerprint density at radius 2 is 1.84 bits per heavy atom. The van der Waals surface area contributed by atoms with Crippen molar-refractivity contribution in [2.45, 2.75) is 69.1 Å². The molecule has 0 aromatic rings. The molecule has 0 radical (unpaired) electrons. The van der Waals surface area contributed by atoms with Crippen LogP contribution in [0.4, 0.5) is 0 Å². The number of fused-ring (bicyclic) bond motifs is 4. The third-order valence-corrected chi connectivity index (χ3v) is 6.29. The van der Waals surface area contributed by atoms with Crippen molar-refractivity contribution >= 4 is 0 Å². The molecule has 4 aliphatic rings. The molecule has 0 spiro atoms. The third-order valence-electron chi connectivity index (χ3n) is 6.29. The summed E-state index contributed by atoms with van der Waals surface area (Å²) >= 11 is 0. The molecule has 144 valence electrons. The minimum absolute atomic E-state index is 0.148. The van der Waals surface area contributed by atoms with Crippen molar-refractivity contribution in [2.75, 3.05) is 40.0 Å². The van der Waals surface area contributed by atoms with Crippen LogP contribution in [0.2, 0.25) is 0 Å². The van der Waals surface area contributed by atoms with Crippen LogP contribution in [-0.2, 0) is 14.2 Å². The van der Waals surface area contributed by atoms with Crippen LogP contribution in [-0.4, -0.2) is 81.4 Å². The molecule has 0 amide bonds. The highest BCUT2D eigenvalue weighted by Gasteiger charge is 2.46. The smallest absolute Gasteiger partial charge is 0.0784 e. The normalized spacial score (nSPS) is 47.0. The van der Waals surface area contributed by atoms with Crippen LogP contribution < -0.4 is 16.2 Å². The van der Waals surface area contributed by atoms with E-state index in [4.69, 9.17) is 14.2 Å². The van der Waals surface area contributed by atoms with E-state index < -0.39 is 0 Å². The van der Waals surface area contributed by atoms with Gasteiger partial charge in [-0.15, -0.1) is 0 Å². The Labute approximate surface area is 151 Å². The summed E-state index contributed by atoms with van der Waals surface area (Å²) in [6.45, 7) is 5.94. The predicted molar refractivity (Wildman–Crippen MR) is 95.1 cm³/mol. The molecule has 25 heavy (non-hydrogen) atoms. The largest absolute Gasteiger partial charge is 0.379 e. The molecule has 7 atom stereocenters. The minimum atomic E-state index is 0.148. The lowest BCUT2D eigenvalue weighted by Gasteiger charge is -2.36. The first-order valence-corrected chi connectivity index (χ1v) is 9.99. The van der Waals surface area contributed by atoms with Crippen molar-refractivity contribution in [1.82, 2.24) is 21.1 Å². The van der Waals surface area contributed by atoms with Crippen molar-refractivity contribution in [3.63, 3.8) is 0 Å². The molecule has 0 aromatic heterocycles. The van der Waals surface area contributed by atoms with Gasteiger partial charge in [-0.3, -0.25) is 21.1 Å². The SMILES string of the molecule is C[C@@H]1COCCOCCC2NC(CN2C)C2NNC3CCC(CC32)O1. The van der Waals surface area contributed by atoms with E-state index in [1.54, 1.807) is 0 Å². The molecule has 7 nitrogen and oxygen atoms in total. The van der Waals surface area contributed by atoms with E-state index in [1.807, 2.05) is 0 Å². The Morgan fingerprint density at radius 3 is 2.76 bits per heavy atom. The standard InChI is InChI=1S/C18H34N4O3/c1-12-11-24-8-7-23-6-5-17-19-16(10-22(17)2)18-14-9-13(25-12)3-4-15(14)20-21-18/h12-21H,3-11H2,1-2H3/t12-,13?,14?,15?,16?,17?,18?/m1/s1. The zero-order chi connectivity index (χ0) is 17.2. The monoisotopic (exact) mass is 354 g/mol. The first-order chi connectivity index (χ1) is 12.2. The zero-order valence-corrected chi connectivity index (χ0v) is 15.6. The topological polar surface area (TPSA) is 67.0 Å². The Balaban J connectivity index is 1.45. The maximum atomic E-state index is 6.29. The second-order valence-electron chi connectivity index (χ2n) is 8.17. The van der Waals surface area contributed by atoms with Gasteiger partial charge in [-0.25, -0.2) is 0 Å². The molecule has 1 aliphatic carbocycles. The summed E-state index contributed by atoms with van der Waals surface area (Å²) in [6, 6.07) is 1.51. The van der Waals surface area contributed by atoms with E-state index in [2.05, 4.69) is 35.0 Å². The van der Waals surface area contributed by atoms with Gasteiger partial charge in [0.2, 0.25) is 0 Å². The molecule has 0 aromatic carbocycles. The highest BCUT2D eigenvalue weighted by molar-refractivity contribution is 5.04. The lowest BCUT2D eigenvalue weighted by Crippen LogP contribution is -2.50. The first kappa shape index (κ1) is 18.1. The molecule has 3 aliphatic heterocycles. The summed E-state index contributed by atoms with van der Waals surface area (Å²) < 4.78 is 17.8. The van der Waals surface area contributed by atoms with Crippen molar-refractivity contribution in [1.29, 1.82) is 0 Å². The number of hydrazine groups is 1. The van der Waals surface area contributed by atoms with Gasteiger partial charge in [-0.05, 0) is 45.6 Å². The van der Waals surface area contributed by atoms with Crippen molar-refractivity contribution in [3.05, 3.63) is 0 Å².